The maximum Gasteiger partial charge on any atom is 0.115 e. The average molecular weight is 308 g/mol. The molecule has 0 radical (unpaired) electrons. The van der Waals surface area contributed by atoms with Gasteiger partial charge in [0.05, 0.1) is 10.6 Å². The van der Waals surface area contributed by atoms with Gasteiger partial charge in [-0.15, -0.1) is 0 Å². The highest BCUT2D eigenvalue weighted by Crippen LogP contribution is 2.27. The minimum atomic E-state index is -0.819. The number of rotatable bonds is 6. The van der Waals surface area contributed by atoms with E-state index in [1.807, 2.05) is 6.07 Å². The number of hydrogen-bond acceptors (Lipinski definition) is 4. The Bertz CT molecular complexity index is 537. The third-order valence-corrected chi connectivity index (χ3v) is 6.29. The zero-order valence-corrected chi connectivity index (χ0v) is 13.5. The standard InChI is InChI=1S/C15H20N2OS2/c1-2-3-8-20(18)11-19-15-13(10-16)9-12-6-4-5-7-14(12)17-15/h9H,2-8,11H2,1H3. The molecule has 0 amide bonds. The topological polar surface area (TPSA) is 53.8 Å². The summed E-state index contributed by atoms with van der Waals surface area (Å²) in [6.45, 7) is 2.10. The van der Waals surface area contributed by atoms with E-state index in [-0.39, 0.29) is 0 Å². The molecule has 0 saturated heterocycles. The molecule has 0 bridgehead atoms. The molecular formula is C15H20N2OS2. The van der Waals surface area contributed by atoms with Crippen molar-refractivity contribution in [2.45, 2.75) is 50.5 Å². The Labute approximate surface area is 127 Å². The highest BCUT2D eigenvalue weighted by Gasteiger charge is 2.15. The molecule has 0 spiro atoms. The van der Waals surface area contributed by atoms with E-state index in [1.54, 1.807) is 0 Å². The van der Waals surface area contributed by atoms with Gasteiger partial charge in [-0.3, -0.25) is 4.21 Å². The van der Waals surface area contributed by atoms with Gasteiger partial charge in [-0.05, 0) is 43.7 Å². The minimum absolute atomic E-state index is 0.542. The number of nitriles is 1. The summed E-state index contributed by atoms with van der Waals surface area (Å²) in [5.41, 5.74) is 3.00. The number of fused-ring (bicyclic) bond motifs is 1. The zero-order valence-electron chi connectivity index (χ0n) is 11.9. The molecule has 0 N–H and O–H groups in total. The van der Waals surface area contributed by atoms with Crippen LogP contribution in [-0.2, 0) is 23.6 Å². The molecule has 20 heavy (non-hydrogen) atoms. The van der Waals surface area contributed by atoms with Gasteiger partial charge in [0, 0.05) is 22.2 Å². The first-order valence-corrected chi connectivity index (χ1v) is 9.62. The first-order chi connectivity index (χ1) is 9.74. The SMILES string of the molecule is CCCCS(=O)CSc1nc2c(cc1C#N)CCCC2. The van der Waals surface area contributed by atoms with Crippen LogP contribution in [0.1, 0.15) is 49.4 Å². The van der Waals surface area contributed by atoms with Crippen molar-refractivity contribution >= 4 is 22.6 Å². The number of aromatic nitrogens is 1. The third kappa shape index (κ3) is 4.07. The van der Waals surface area contributed by atoms with Gasteiger partial charge in [-0.2, -0.15) is 5.26 Å². The quantitative estimate of drug-likeness (QED) is 0.756. The second kappa shape index (κ2) is 7.80. The van der Waals surface area contributed by atoms with E-state index in [4.69, 9.17) is 0 Å². The molecule has 5 heteroatoms. The third-order valence-electron chi connectivity index (χ3n) is 3.44. The lowest BCUT2D eigenvalue weighted by molar-refractivity contribution is 0.660. The van der Waals surface area contributed by atoms with Crippen LogP contribution in [0.25, 0.3) is 0 Å². The normalized spacial score (nSPS) is 15.4. The van der Waals surface area contributed by atoms with Crippen molar-refractivity contribution in [3.63, 3.8) is 0 Å². The van der Waals surface area contributed by atoms with Crippen LogP contribution >= 0.6 is 11.8 Å². The second-order valence-electron chi connectivity index (χ2n) is 5.03. The lowest BCUT2D eigenvalue weighted by Gasteiger charge is -2.16. The van der Waals surface area contributed by atoms with Crippen LogP contribution in [0.5, 0.6) is 0 Å². The highest BCUT2D eigenvalue weighted by molar-refractivity contribution is 8.10. The first-order valence-electron chi connectivity index (χ1n) is 7.15. The number of nitrogens with zero attached hydrogens (tertiary/aromatic N) is 2. The van der Waals surface area contributed by atoms with Crippen LogP contribution in [0.2, 0.25) is 0 Å². The van der Waals surface area contributed by atoms with Gasteiger partial charge in [-0.25, -0.2) is 4.98 Å². The van der Waals surface area contributed by atoms with E-state index >= 15 is 0 Å². The van der Waals surface area contributed by atoms with E-state index in [2.05, 4.69) is 18.0 Å². The Morgan fingerprint density at radius 3 is 3.00 bits per heavy atom. The molecule has 1 aliphatic rings. The summed E-state index contributed by atoms with van der Waals surface area (Å²) >= 11 is 1.47. The number of pyridine rings is 1. The molecule has 0 saturated carbocycles. The zero-order chi connectivity index (χ0) is 14.4. The van der Waals surface area contributed by atoms with E-state index in [0.717, 1.165) is 42.2 Å². The Balaban J connectivity index is 2.07. The molecule has 1 aliphatic carbocycles. The fourth-order valence-corrected chi connectivity index (χ4v) is 4.78. The Morgan fingerprint density at radius 2 is 2.25 bits per heavy atom. The van der Waals surface area contributed by atoms with Gasteiger partial charge < -0.3 is 0 Å². The van der Waals surface area contributed by atoms with Gasteiger partial charge in [-0.1, -0.05) is 25.1 Å². The van der Waals surface area contributed by atoms with Crippen LogP contribution < -0.4 is 0 Å². The number of hydrogen-bond donors (Lipinski definition) is 0. The molecular weight excluding hydrogens is 288 g/mol. The summed E-state index contributed by atoms with van der Waals surface area (Å²) in [4.78, 5) is 4.64. The molecule has 2 rings (SSSR count). The Morgan fingerprint density at radius 1 is 1.45 bits per heavy atom. The van der Waals surface area contributed by atoms with Crippen molar-refractivity contribution in [2.24, 2.45) is 0 Å². The molecule has 0 fully saturated rings. The minimum Gasteiger partial charge on any atom is -0.259 e. The van der Waals surface area contributed by atoms with Crippen molar-refractivity contribution in [1.82, 2.24) is 4.98 Å². The fraction of sp³-hybridized carbons (Fsp3) is 0.600. The van der Waals surface area contributed by atoms with E-state index in [9.17, 15) is 9.47 Å². The monoisotopic (exact) mass is 308 g/mol. The summed E-state index contributed by atoms with van der Waals surface area (Å²) in [5, 5.41) is 10.6. The Kier molecular flexibility index (Phi) is 6.06. The predicted octanol–water partition coefficient (Wildman–Crippen LogP) is 3.43. The summed E-state index contributed by atoms with van der Waals surface area (Å²) in [6, 6.07) is 4.22. The van der Waals surface area contributed by atoms with Crippen LogP contribution in [0, 0.1) is 11.3 Å². The summed E-state index contributed by atoms with van der Waals surface area (Å²) < 4.78 is 11.8. The molecule has 0 aromatic carbocycles. The average Bonchev–Trinajstić information content (AvgIpc) is 2.49. The summed E-state index contributed by atoms with van der Waals surface area (Å²) in [7, 11) is -0.819. The van der Waals surface area contributed by atoms with Gasteiger partial charge in [0.1, 0.15) is 11.1 Å². The summed E-state index contributed by atoms with van der Waals surface area (Å²) in [6.07, 6.45) is 6.47. The molecule has 108 valence electrons. The number of unbranched alkanes of at least 4 members (excludes halogenated alkanes) is 1. The highest BCUT2D eigenvalue weighted by atomic mass is 32.2. The number of aryl methyl sites for hydroxylation is 2. The van der Waals surface area contributed by atoms with Crippen molar-refractivity contribution in [1.29, 1.82) is 5.26 Å². The van der Waals surface area contributed by atoms with Crippen molar-refractivity contribution < 1.29 is 4.21 Å². The molecule has 1 aromatic rings. The first kappa shape index (κ1) is 15.5. The molecule has 1 heterocycles. The fourth-order valence-electron chi connectivity index (χ4n) is 2.29. The van der Waals surface area contributed by atoms with Gasteiger partial charge in [0.2, 0.25) is 0 Å². The van der Waals surface area contributed by atoms with Crippen LogP contribution in [0.3, 0.4) is 0 Å². The van der Waals surface area contributed by atoms with Crippen molar-refractivity contribution in [2.75, 3.05) is 10.8 Å². The molecule has 3 nitrogen and oxygen atoms in total. The van der Waals surface area contributed by atoms with Crippen LogP contribution in [0.15, 0.2) is 11.1 Å². The lowest BCUT2D eigenvalue weighted by atomic mass is 9.95. The largest absolute Gasteiger partial charge is 0.259 e. The van der Waals surface area contributed by atoms with Gasteiger partial charge in [0.15, 0.2) is 0 Å². The van der Waals surface area contributed by atoms with E-state index < -0.39 is 10.8 Å². The smallest absolute Gasteiger partial charge is 0.115 e. The summed E-state index contributed by atoms with van der Waals surface area (Å²) in [5.74, 6) is 0.746. The maximum absolute atomic E-state index is 11.8. The maximum atomic E-state index is 11.8. The van der Waals surface area contributed by atoms with E-state index in [1.165, 1.54) is 30.2 Å². The second-order valence-corrected chi connectivity index (χ2v) is 7.93. The lowest BCUT2D eigenvalue weighted by Crippen LogP contribution is -2.08. The molecule has 1 atom stereocenters. The molecule has 0 aliphatic heterocycles. The number of thioether (sulfide) groups is 1. The Hall–Kier alpha value is -0.860. The predicted molar refractivity (Wildman–Crippen MR) is 84.2 cm³/mol. The molecule has 1 aromatic heterocycles. The van der Waals surface area contributed by atoms with Crippen molar-refractivity contribution in [3.8, 4) is 6.07 Å². The van der Waals surface area contributed by atoms with Crippen LogP contribution in [0.4, 0.5) is 0 Å². The van der Waals surface area contributed by atoms with E-state index in [0.29, 0.717) is 10.6 Å². The van der Waals surface area contributed by atoms with Crippen molar-refractivity contribution in [3.05, 3.63) is 22.9 Å². The molecule has 1 unspecified atom stereocenters. The van der Waals surface area contributed by atoms with Crippen LogP contribution in [-0.4, -0.2) is 20.0 Å². The van der Waals surface area contributed by atoms with Gasteiger partial charge >= 0.3 is 0 Å². The van der Waals surface area contributed by atoms with Gasteiger partial charge in [0.25, 0.3) is 0 Å².